The third-order valence-electron chi connectivity index (χ3n) is 4.07. The van der Waals surface area contributed by atoms with E-state index in [0.29, 0.717) is 38.1 Å². The van der Waals surface area contributed by atoms with E-state index in [9.17, 15) is 9.59 Å². The first-order chi connectivity index (χ1) is 10.5. The average Bonchev–Trinajstić information content (AvgIpc) is 2.52. The van der Waals surface area contributed by atoms with Crippen molar-refractivity contribution in [3.05, 3.63) is 29.8 Å². The van der Waals surface area contributed by atoms with Gasteiger partial charge in [0, 0.05) is 13.1 Å². The monoisotopic (exact) mass is 305 g/mol. The van der Waals surface area contributed by atoms with Crippen LogP contribution >= 0.6 is 0 Å². The minimum atomic E-state index is -0.768. The number of aliphatic carboxylic acids is 1. The smallest absolute Gasteiger partial charge is 0.306 e. The van der Waals surface area contributed by atoms with Crippen molar-refractivity contribution in [1.29, 1.82) is 0 Å². The molecule has 1 amide bonds. The standard InChI is InChI=1S/C17H23NO4/c1-3-15(22-14-6-4-5-12(2)11-14)16(19)18-9-7-13(8-10-18)17(20)21/h4-6,11,13,15H,3,7-10H2,1-2H3,(H,20,21). The number of likely N-dealkylation sites (tertiary alicyclic amines) is 1. The molecule has 1 aromatic carbocycles. The Balaban J connectivity index is 1.96. The molecule has 1 unspecified atom stereocenters. The first-order valence-corrected chi connectivity index (χ1v) is 7.76. The lowest BCUT2D eigenvalue weighted by Gasteiger charge is -2.32. The third-order valence-corrected chi connectivity index (χ3v) is 4.07. The Labute approximate surface area is 130 Å². The Morgan fingerprint density at radius 2 is 2.05 bits per heavy atom. The number of amides is 1. The Hall–Kier alpha value is -2.04. The zero-order valence-corrected chi connectivity index (χ0v) is 13.1. The number of aryl methyl sites for hydroxylation is 1. The lowest BCUT2D eigenvalue weighted by molar-refractivity contribution is -0.147. The highest BCUT2D eigenvalue weighted by Crippen LogP contribution is 2.21. The van der Waals surface area contributed by atoms with Crippen LogP contribution in [0, 0.1) is 12.8 Å². The summed E-state index contributed by atoms with van der Waals surface area (Å²) in [6, 6.07) is 7.64. The molecule has 0 bridgehead atoms. The number of carboxylic acid groups (broad SMARTS) is 1. The van der Waals surface area contributed by atoms with Gasteiger partial charge in [-0.3, -0.25) is 9.59 Å². The quantitative estimate of drug-likeness (QED) is 0.907. The molecule has 0 aliphatic carbocycles. The van der Waals surface area contributed by atoms with Gasteiger partial charge in [-0.15, -0.1) is 0 Å². The molecule has 22 heavy (non-hydrogen) atoms. The molecule has 0 aromatic heterocycles. The fourth-order valence-electron chi connectivity index (χ4n) is 2.71. The molecular weight excluding hydrogens is 282 g/mol. The summed E-state index contributed by atoms with van der Waals surface area (Å²) in [6.07, 6.45) is 1.11. The van der Waals surface area contributed by atoms with Crippen LogP contribution in [0.4, 0.5) is 0 Å². The van der Waals surface area contributed by atoms with Crippen LogP contribution in [-0.2, 0) is 9.59 Å². The van der Waals surface area contributed by atoms with Crippen molar-refractivity contribution in [2.45, 2.75) is 39.2 Å². The first-order valence-electron chi connectivity index (χ1n) is 7.76. The van der Waals surface area contributed by atoms with Crippen molar-refractivity contribution < 1.29 is 19.4 Å². The van der Waals surface area contributed by atoms with E-state index < -0.39 is 12.1 Å². The second-order valence-electron chi connectivity index (χ2n) is 5.77. The summed E-state index contributed by atoms with van der Waals surface area (Å²) < 4.78 is 5.83. The molecule has 0 saturated carbocycles. The number of carbonyl (C=O) groups excluding carboxylic acids is 1. The molecule has 1 saturated heterocycles. The molecule has 1 N–H and O–H groups in total. The largest absolute Gasteiger partial charge is 0.481 e. The van der Waals surface area contributed by atoms with E-state index in [1.54, 1.807) is 4.90 Å². The van der Waals surface area contributed by atoms with Crippen LogP contribution in [0.5, 0.6) is 5.75 Å². The van der Waals surface area contributed by atoms with Gasteiger partial charge in [-0.05, 0) is 43.9 Å². The van der Waals surface area contributed by atoms with Crippen molar-refractivity contribution in [3.63, 3.8) is 0 Å². The molecule has 1 aliphatic heterocycles. The highest BCUT2D eigenvalue weighted by atomic mass is 16.5. The van der Waals surface area contributed by atoms with Gasteiger partial charge in [0.25, 0.3) is 5.91 Å². The van der Waals surface area contributed by atoms with Gasteiger partial charge >= 0.3 is 5.97 Å². The van der Waals surface area contributed by atoms with E-state index in [2.05, 4.69) is 0 Å². The van der Waals surface area contributed by atoms with Crippen LogP contribution in [0.15, 0.2) is 24.3 Å². The van der Waals surface area contributed by atoms with Crippen molar-refractivity contribution >= 4 is 11.9 Å². The number of hydrogen-bond acceptors (Lipinski definition) is 3. The average molecular weight is 305 g/mol. The van der Waals surface area contributed by atoms with Crippen molar-refractivity contribution in [2.24, 2.45) is 5.92 Å². The highest BCUT2D eigenvalue weighted by molar-refractivity contribution is 5.81. The Kier molecular flexibility index (Phi) is 5.41. The minimum Gasteiger partial charge on any atom is -0.481 e. The summed E-state index contributed by atoms with van der Waals surface area (Å²) in [6.45, 7) is 4.88. The van der Waals surface area contributed by atoms with E-state index in [1.807, 2.05) is 38.1 Å². The van der Waals surface area contributed by atoms with Crippen LogP contribution in [0.3, 0.4) is 0 Å². The molecule has 120 valence electrons. The third kappa shape index (κ3) is 4.00. The second-order valence-corrected chi connectivity index (χ2v) is 5.77. The minimum absolute atomic E-state index is 0.0483. The number of piperidine rings is 1. The van der Waals surface area contributed by atoms with Gasteiger partial charge in [-0.25, -0.2) is 0 Å². The number of hydrogen-bond donors (Lipinski definition) is 1. The van der Waals surface area contributed by atoms with E-state index in [-0.39, 0.29) is 11.8 Å². The summed E-state index contributed by atoms with van der Waals surface area (Å²) in [5, 5.41) is 9.01. The van der Waals surface area contributed by atoms with Crippen molar-refractivity contribution in [1.82, 2.24) is 4.90 Å². The van der Waals surface area contributed by atoms with Crippen LogP contribution in [0.1, 0.15) is 31.7 Å². The summed E-state index contributed by atoms with van der Waals surface area (Å²) in [4.78, 5) is 25.2. The lowest BCUT2D eigenvalue weighted by Crippen LogP contribution is -2.46. The molecule has 1 aliphatic rings. The Bertz CT molecular complexity index is 535. The lowest BCUT2D eigenvalue weighted by atomic mass is 9.96. The van der Waals surface area contributed by atoms with E-state index in [1.165, 1.54) is 0 Å². The van der Waals surface area contributed by atoms with Crippen LogP contribution in [-0.4, -0.2) is 41.1 Å². The highest BCUT2D eigenvalue weighted by Gasteiger charge is 2.30. The van der Waals surface area contributed by atoms with Crippen LogP contribution < -0.4 is 4.74 Å². The van der Waals surface area contributed by atoms with E-state index >= 15 is 0 Å². The number of carboxylic acids is 1. The number of benzene rings is 1. The van der Waals surface area contributed by atoms with Gasteiger partial charge in [-0.1, -0.05) is 19.1 Å². The molecule has 0 radical (unpaired) electrons. The number of ether oxygens (including phenoxy) is 1. The Morgan fingerprint density at radius 3 is 2.59 bits per heavy atom. The maximum atomic E-state index is 12.5. The van der Waals surface area contributed by atoms with Gasteiger partial charge in [0.1, 0.15) is 5.75 Å². The molecule has 0 spiro atoms. The number of rotatable bonds is 5. The maximum Gasteiger partial charge on any atom is 0.306 e. The predicted molar refractivity (Wildman–Crippen MR) is 82.8 cm³/mol. The van der Waals surface area contributed by atoms with Crippen molar-refractivity contribution in [3.8, 4) is 5.75 Å². The zero-order valence-electron chi connectivity index (χ0n) is 13.1. The molecular formula is C17H23NO4. The van der Waals surface area contributed by atoms with E-state index in [4.69, 9.17) is 9.84 Å². The molecule has 1 fully saturated rings. The summed E-state index contributed by atoms with van der Waals surface area (Å²) in [7, 11) is 0. The summed E-state index contributed by atoms with van der Waals surface area (Å²) in [5.74, 6) is -0.453. The number of carbonyl (C=O) groups is 2. The van der Waals surface area contributed by atoms with Crippen LogP contribution in [0.25, 0.3) is 0 Å². The van der Waals surface area contributed by atoms with E-state index in [0.717, 1.165) is 5.56 Å². The summed E-state index contributed by atoms with van der Waals surface area (Å²) in [5.41, 5.74) is 1.09. The van der Waals surface area contributed by atoms with Crippen LogP contribution in [0.2, 0.25) is 0 Å². The van der Waals surface area contributed by atoms with Gasteiger partial charge in [0.2, 0.25) is 0 Å². The fraction of sp³-hybridized carbons (Fsp3) is 0.529. The Morgan fingerprint density at radius 1 is 1.36 bits per heavy atom. The molecule has 5 heteroatoms. The summed E-state index contributed by atoms with van der Waals surface area (Å²) >= 11 is 0. The second kappa shape index (κ2) is 7.29. The van der Waals surface area contributed by atoms with Gasteiger partial charge in [-0.2, -0.15) is 0 Å². The SMILES string of the molecule is CCC(Oc1cccc(C)c1)C(=O)N1CCC(C(=O)O)CC1. The molecule has 5 nitrogen and oxygen atoms in total. The van der Waals surface area contributed by atoms with Gasteiger partial charge in [0.15, 0.2) is 6.10 Å². The van der Waals surface area contributed by atoms with Crippen molar-refractivity contribution in [2.75, 3.05) is 13.1 Å². The number of nitrogens with zero attached hydrogens (tertiary/aromatic N) is 1. The van der Waals surface area contributed by atoms with Gasteiger partial charge in [0.05, 0.1) is 5.92 Å². The normalized spacial score (nSPS) is 17.1. The molecule has 1 aromatic rings. The fourth-order valence-corrected chi connectivity index (χ4v) is 2.71. The molecule has 2 rings (SSSR count). The predicted octanol–water partition coefficient (Wildman–Crippen LogP) is 2.48. The zero-order chi connectivity index (χ0) is 16.1. The van der Waals surface area contributed by atoms with Gasteiger partial charge < -0.3 is 14.7 Å². The topological polar surface area (TPSA) is 66.8 Å². The maximum absolute atomic E-state index is 12.5. The molecule has 1 atom stereocenters. The molecule has 1 heterocycles. The first kappa shape index (κ1) is 16.3.